The van der Waals surface area contributed by atoms with Crippen molar-refractivity contribution >= 4 is 0 Å². The summed E-state index contributed by atoms with van der Waals surface area (Å²) in [5, 5.41) is 13.5. The second-order valence-electron chi connectivity index (χ2n) is 7.11. The maximum Gasteiger partial charge on any atom is 0.266 e. The van der Waals surface area contributed by atoms with E-state index in [9.17, 15) is 4.79 Å². The molecule has 0 unspecified atom stereocenters. The molecule has 0 spiro atoms. The molecule has 1 aromatic heterocycles. The quantitative estimate of drug-likeness (QED) is 0.924. The van der Waals surface area contributed by atoms with E-state index in [1.165, 1.54) is 41.1 Å². The average molecular weight is 339 g/mol. The molecule has 0 radical (unpaired) electrons. The fraction of sp³-hybridized carbons (Fsp3) is 0.500. The molecule has 1 aliphatic heterocycles. The van der Waals surface area contributed by atoms with Crippen LogP contribution >= 0.6 is 0 Å². The van der Waals surface area contributed by atoms with Crippen LogP contribution in [0.2, 0.25) is 0 Å². The summed E-state index contributed by atoms with van der Waals surface area (Å²) in [7, 11) is 0. The van der Waals surface area contributed by atoms with Crippen molar-refractivity contribution in [3.05, 3.63) is 51.8 Å². The number of hydrogen-bond donors (Lipinski definition) is 1. The van der Waals surface area contributed by atoms with E-state index >= 15 is 0 Å². The molecule has 1 aliphatic carbocycles. The van der Waals surface area contributed by atoms with E-state index in [0.717, 1.165) is 43.2 Å². The van der Waals surface area contributed by atoms with Gasteiger partial charge in [0, 0.05) is 30.8 Å². The second kappa shape index (κ2) is 7.10. The van der Waals surface area contributed by atoms with Crippen LogP contribution < -0.4 is 5.56 Å². The number of aromatic nitrogens is 2. The highest BCUT2D eigenvalue weighted by molar-refractivity contribution is 5.60. The maximum atomic E-state index is 11.8. The highest BCUT2D eigenvalue weighted by atomic mass is 16.3. The molecule has 2 aromatic rings. The Labute approximate surface area is 147 Å². The third-order valence-corrected chi connectivity index (χ3v) is 5.61. The van der Waals surface area contributed by atoms with Gasteiger partial charge in [-0.1, -0.05) is 18.6 Å². The van der Waals surface area contributed by atoms with E-state index in [0.29, 0.717) is 0 Å². The molecule has 1 fully saturated rings. The van der Waals surface area contributed by atoms with Crippen LogP contribution in [0.1, 0.15) is 30.4 Å². The van der Waals surface area contributed by atoms with Gasteiger partial charge in [-0.15, -0.1) is 0 Å². The Bertz CT molecular complexity index is 811. The van der Waals surface area contributed by atoms with Crippen LogP contribution in [-0.2, 0) is 19.4 Å². The van der Waals surface area contributed by atoms with Gasteiger partial charge in [0.25, 0.3) is 5.56 Å². The van der Waals surface area contributed by atoms with Crippen LogP contribution in [0.25, 0.3) is 11.3 Å². The number of aliphatic hydroxyl groups excluding tert-OH is 1. The second-order valence-corrected chi connectivity index (χ2v) is 7.11. The van der Waals surface area contributed by atoms with Crippen LogP contribution in [0.15, 0.2) is 35.1 Å². The first kappa shape index (κ1) is 16.5. The first-order valence-corrected chi connectivity index (χ1v) is 9.30. The van der Waals surface area contributed by atoms with Crippen LogP contribution in [-0.4, -0.2) is 45.5 Å². The van der Waals surface area contributed by atoms with E-state index in [-0.39, 0.29) is 18.7 Å². The molecule has 4 rings (SSSR count). The van der Waals surface area contributed by atoms with Gasteiger partial charge in [-0.2, -0.15) is 5.10 Å². The minimum atomic E-state index is -0.177. The van der Waals surface area contributed by atoms with Crippen LogP contribution in [0.3, 0.4) is 0 Å². The van der Waals surface area contributed by atoms with E-state index in [1.807, 2.05) is 0 Å². The van der Waals surface area contributed by atoms with Gasteiger partial charge in [-0.05, 0) is 48.9 Å². The van der Waals surface area contributed by atoms with Gasteiger partial charge in [-0.3, -0.25) is 9.69 Å². The summed E-state index contributed by atoms with van der Waals surface area (Å²) in [5.74, 6) is 0. The molecule has 0 bridgehead atoms. The Kier molecular flexibility index (Phi) is 4.68. The molecule has 2 aliphatic rings. The predicted molar refractivity (Wildman–Crippen MR) is 97.6 cm³/mol. The van der Waals surface area contributed by atoms with Crippen molar-refractivity contribution in [2.75, 3.05) is 19.7 Å². The topological polar surface area (TPSA) is 58.4 Å². The van der Waals surface area contributed by atoms with Crippen LogP contribution in [0.5, 0.6) is 0 Å². The van der Waals surface area contributed by atoms with E-state index in [2.05, 4.69) is 28.2 Å². The standard InChI is InChI=1S/C20H25N3O2/c24-13-12-23-20(25)7-6-19(21-23)17-5-4-15-8-10-22(18-2-1-3-18)11-9-16(15)14-17/h4-7,14,18,24H,1-3,8-13H2. The van der Waals surface area contributed by atoms with Crippen molar-refractivity contribution in [2.24, 2.45) is 0 Å². The molecule has 1 N–H and O–H groups in total. The van der Waals surface area contributed by atoms with Crippen molar-refractivity contribution in [2.45, 2.75) is 44.7 Å². The van der Waals surface area contributed by atoms with E-state index < -0.39 is 0 Å². The van der Waals surface area contributed by atoms with Gasteiger partial charge in [0.05, 0.1) is 18.8 Å². The van der Waals surface area contributed by atoms with Gasteiger partial charge in [0.1, 0.15) is 0 Å². The van der Waals surface area contributed by atoms with Gasteiger partial charge < -0.3 is 5.11 Å². The Morgan fingerprint density at radius 3 is 2.60 bits per heavy atom. The molecule has 132 valence electrons. The zero-order chi connectivity index (χ0) is 17.2. The van der Waals surface area contributed by atoms with Crippen LogP contribution in [0, 0.1) is 0 Å². The number of nitrogens with zero attached hydrogens (tertiary/aromatic N) is 3. The third kappa shape index (κ3) is 3.39. The molecular weight excluding hydrogens is 314 g/mol. The molecular formula is C20H25N3O2. The van der Waals surface area contributed by atoms with E-state index in [1.54, 1.807) is 6.07 Å². The summed E-state index contributed by atoms with van der Waals surface area (Å²) in [6.45, 7) is 2.45. The minimum Gasteiger partial charge on any atom is -0.394 e. The van der Waals surface area contributed by atoms with Crippen molar-refractivity contribution in [3.63, 3.8) is 0 Å². The predicted octanol–water partition coefficient (Wildman–Crippen LogP) is 1.86. The molecule has 2 heterocycles. The Balaban J connectivity index is 1.58. The fourth-order valence-corrected chi connectivity index (χ4v) is 3.88. The monoisotopic (exact) mass is 339 g/mol. The van der Waals surface area contributed by atoms with Crippen molar-refractivity contribution in [3.8, 4) is 11.3 Å². The lowest BCUT2D eigenvalue weighted by molar-refractivity contribution is 0.133. The van der Waals surface area contributed by atoms with Crippen molar-refractivity contribution in [1.82, 2.24) is 14.7 Å². The Hall–Kier alpha value is -1.98. The van der Waals surface area contributed by atoms with Gasteiger partial charge in [-0.25, -0.2) is 4.68 Å². The summed E-state index contributed by atoms with van der Waals surface area (Å²) in [5.41, 5.74) is 4.50. The largest absolute Gasteiger partial charge is 0.394 e. The third-order valence-electron chi connectivity index (χ3n) is 5.61. The van der Waals surface area contributed by atoms with Crippen molar-refractivity contribution < 1.29 is 5.11 Å². The zero-order valence-electron chi connectivity index (χ0n) is 14.5. The highest BCUT2D eigenvalue weighted by Crippen LogP contribution is 2.28. The summed E-state index contributed by atoms with van der Waals surface area (Å²) >= 11 is 0. The number of benzene rings is 1. The molecule has 0 atom stereocenters. The summed E-state index contributed by atoms with van der Waals surface area (Å²) < 4.78 is 1.33. The highest BCUT2D eigenvalue weighted by Gasteiger charge is 2.26. The first-order valence-electron chi connectivity index (χ1n) is 9.30. The lowest BCUT2D eigenvalue weighted by Gasteiger charge is -2.36. The smallest absolute Gasteiger partial charge is 0.266 e. The lowest BCUT2D eigenvalue weighted by atomic mass is 9.91. The van der Waals surface area contributed by atoms with Crippen LogP contribution in [0.4, 0.5) is 0 Å². The van der Waals surface area contributed by atoms with Gasteiger partial charge in [0.2, 0.25) is 0 Å². The summed E-state index contributed by atoms with van der Waals surface area (Å²) in [4.78, 5) is 14.4. The molecule has 5 nitrogen and oxygen atoms in total. The number of hydrogen-bond acceptors (Lipinski definition) is 4. The number of rotatable bonds is 4. The number of fused-ring (bicyclic) bond motifs is 1. The summed E-state index contributed by atoms with van der Waals surface area (Å²) in [6, 6.07) is 10.7. The SMILES string of the molecule is O=c1ccc(-c2ccc3c(c2)CCN(C2CCC2)CC3)nn1CCO. The molecule has 5 heteroatoms. The maximum absolute atomic E-state index is 11.8. The molecule has 1 saturated carbocycles. The van der Waals surface area contributed by atoms with E-state index in [4.69, 9.17) is 5.11 Å². The Morgan fingerprint density at radius 1 is 1.08 bits per heavy atom. The molecule has 1 aromatic carbocycles. The van der Waals surface area contributed by atoms with Crippen molar-refractivity contribution in [1.29, 1.82) is 0 Å². The minimum absolute atomic E-state index is 0.0858. The lowest BCUT2D eigenvalue weighted by Crippen LogP contribution is -2.41. The Morgan fingerprint density at radius 2 is 1.88 bits per heavy atom. The van der Waals surface area contributed by atoms with Gasteiger partial charge >= 0.3 is 0 Å². The summed E-state index contributed by atoms with van der Waals surface area (Å²) in [6.07, 6.45) is 6.29. The van der Waals surface area contributed by atoms with Gasteiger partial charge in [0.15, 0.2) is 0 Å². The average Bonchev–Trinajstić information content (AvgIpc) is 2.78. The molecule has 25 heavy (non-hydrogen) atoms. The zero-order valence-corrected chi connectivity index (χ0v) is 14.5. The molecule has 0 amide bonds. The normalized spacial score (nSPS) is 18.4. The number of aliphatic hydroxyl groups is 1. The fourth-order valence-electron chi connectivity index (χ4n) is 3.88. The first-order chi connectivity index (χ1) is 12.2. The molecule has 0 saturated heterocycles.